The van der Waals surface area contributed by atoms with Crippen molar-refractivity contribution in [2.75, 3.05) is 31.2 Å². The Bertz CT molecular complexity index is 474. The van der Waals surface area contributed by atoms with E-state index in [0.29, 0.717) is 22.8 Å². The van der Waals surface area contributed by atoms with E-state index >= 15 is 0 Å². The van der Waals surface area contributed by atoms with Gasteiger partial charge in [0.25, 0.3) is 0 Å². The van der Waals surface area contributed by atoms with Crippen molar-refractivity contribution in [3.8, 4) is 0 Å². The van der Waals surface area contributed by atoms with Crippen molar-refractivity contribution in [3.05, 3.63) is 23.2 Å². The van der Waals surface area contributed by atoms with Gasteiger partial charge in [-0.1, -0.05) is 11.6 Å². The molecule has 1 aliphatic carbocycles. The highest BCUT2D eigenvalue weighted by Crippen LogP contribution is 2.29. The van der Waals surface area contributed by atoms with Gasteiger partial charge in [-0.3, -0.25) is 4.79 Å². The lowest BCUT2D eigenvalue weighted by Crippen LogP contribution is -2.23. The molecule has 1 aliphatic rings. The van der Waals surface area contributed by atoms with Crippen LogP contribution < -0.4 is 11.1 Å². The van der Waals surface area contributed by atoms with E-state index in [-0.39, 0.29) is 5.91 Å². The molecule has 110 valence electrons. The van der Waals surface area contributed by atoms with E-state index in [1.165, 1.54) is 12.8 Å². The van der Waals surface area contributed by atoms with Gasteiger partial charge in [-0.25, -0.2) is 0 Å². The molecule has 3 N–H and O–H groups in total. The van der Waals surface area contributed by atoms with Crippen molar-refractivity contribution in [1.82, 2.24) is 4.90 Å². The van der Waals surface area contributed by atoms with Crippen LogP contribution in [0, 0.1) is 5.92 Å². The molecule has 0 unspecified atom stereocenters. The number of nitrogens with two attached hydrogens (primary N) is 1. The van der Waals surface area contributed by atoms with Crippen LogP contribution in [-0.4, -0.2) is 30.9 Å². The summed E-state index contributed by atoms with van der Waals surface area (Å²) in [6.07, 6.45) is 4.10. The number of benzene rings is 1. The molecule has 0 radical (unpaired) electrons. The molecule has 0 aromatic heterocycles. The molecule has 0 aliphatic heterocycles. The first kappa shape index (κ1) is 15.1. The minimum atomic E-state index is -0.00325. The van der Waals surface area contributed by atoms with Crippen LogP contribution in [0.5, 0.6) is 0 Å². The average Bonchev–Trinajstić information content (AvgIpc) is 3.16. The van der Waals surface area contributed by atoms with E-state index in [0.717, 1.165) is 25.4 Å². The zero-order valence-electron chi connectivity index (χ0n) is 11.9. The van der Waals surface area contributed by atoms with Crippen molar-refractivity contribution in [2.24, 2.45) is 5.92 Å². The lowest BCUT2D eigenvalue weighted by Gasteiger charge is -2.15. The number of nitrogen functional groups attached to an aromatic ring is 1. The van der Waals surface area contributed by atoms with E-state index in [9.17, 15) is 4.79 Å². The zero-order valence-corrected chi connectivity index (χ0v) is 12.6. The molecule has 0 spiro atoms. The summed E-state index contributed by atoms with van der Waals surface area (Å²) >= 11 is 6.02. The standard InChI is InChI=1S/C15H22ClN3O/c1-19(10-11-4-5-11)8-2-3-15(20)18-14-7-6-12(17)9-13(14)16/h6-7,9,11H,2-5,8,10,17H2,1H3,(H,18,20). The third-order valence-corrected chi connectivity index (χ3v) is 3.79. The predicted molar refractivity (Wildman–Crippen MR) is 83.9 cm³/mol. The second kappa shape index (κ2) is 6.95. The summed E-state index contributed by atoms with van der Waals surface area (Å²) in [6, 6.07) is 5.10. The molecule has 0 heterocycles. The minimum Gasteiger partial charge on any atom is -0.399 e. The second-order valence-electron chi connectivity index (χ2n) is 5.60. The van der Waals surface area contributed by atoms with Crippen LogP contribution in [0.3, 0.4) is 0 Å². The van der Waals surface area contributed by atoms with Crippen LogP contribution in [0.25, 0.3) is 0 Å². The highest BCUT2D eigenvalue weighted by Gasteiger charge is 2.22. The number of nitrogens with one attached hydrogen (secondary N) is 1. The molecular weight excluding hydrogens is 274 g/mol. The molecule has 20 heavy (non-hydrogen) atoms. The summed E-state index contributed by atoms with van der Waals surface area (Å²) in [5, 5.41) is 3.30. The first-order valence-electron chi connectivity index (χ1n) is 7.08. The number of hydrogen-bond acceptors (Lipinski definition) is 3. The summed E-state index contributed by atoms with van der Waals surface area (Å²) in [5.41, 5.74) is 6.83. The van der Waals surface area contributed by atoms with Crippen LogP contribution >= 0.6 is 11.6 Å². The van der Waals surface area contributed by atoms with E-state index in [2.05, 4.69) is 17.3 Å². The van der Waals surface area contributed by atoms with Crippen LogP contribution in [0.4, 0.5) is 11.4 Å². The molecule has 0 atom stereocenters. The average molecular weight is 296 g/mol. The second-order valence-corrected chi connectivity index (χ2v) is 6.00. The molecule has 1 amide bonds. The Hall–Kier alpha value is -1.26. The number of carbonyl (C=O) groups excluding carboxylic acids is 1. The molecule has 1 saturated carbocycles. The zero-order chi connectivity index (χ0) is 14.5. The van der Waals surface area contributed by atoms with E-state index in [4.69, 9.17) is 17.3 Å². The van der Waals surface area contributed by atoms with Gasteiger partial charge in [0.15, 0.2) is 0 Å². The van der Waals surface area contributed by atoms with Gasteiger partial charge in [-0.05, 0) is 57.0 Å². The van der Waals surface area contributed by atoms with Gasteiger partial charge in [0.2, 0.25) is 5.91 Å². The quantitative estimate of drug-likeness (QED) is 0.760. The Labute approximate surface area is 125 Å². The molecular formula is C15H22ClN3O. The Morgan fingerprint density at radius 2 is 2.25 bits per heavy atom. The fourth-order valence-electron chi connectivity index (χ4n) is 2.19. The van der Waals surface area contributed by atoms with Crippen molar-refractivity contribution in [3.63, 3.8) is 0 Å². The largest absolute Gasteiger partial charge is 0.399 e. The number of anilines is 2. The van der Waals surface area contributed by atoms with Gasteiger partial charge in [0.1, 0.15) is 0 Å². The maximum atomic E-state index is 11.8. The molecule has 1 aromatic carbocycles. The van der Waals surface area contributed by atoms with Gasteiger partial charge in [0.05, 0.1) is 10.7 Å². The summed E-state index contributed by atoms with van der Waals surface area (Å²) in [5.74, 6) is 0.888. The van der Waals surface area contributed by atoms with Crippen LogP contribution in [0.15, 0.2) is 18.2 Å². The summed E-state index contributed by atoms with van der Waals surface area (Å²) in [6.45, 7) is 2.12. The SMILES string of the molecule is CN(CCCC(=O)Nc1ccc(N)cc1Cl)CC1CC1. The van der Waals surface area contributed by atoms with Crippen molar-refractivity contribution < 1.29 is 4.79 Å². The first-order valence-corrected chi connectivity index (χ1v) is 7.46. The molecule has 4 nitrogen and oxygen atoms in total. The third-order valence-electron chi connectivity index (χ3n) is 3.48. The highest BCUT2D eigenvalue weighted by molar-refractivity contribution is 6.34. The van der Waals surface area contributed by atoms with E-state index in [1.807, 2.05) is 0 Å². The van der Waals surface area contributed by atoms with Gasteiger partial charge < -0.3 is 16.0 Å². The number of carbonyl (C=O) groups is 1. The predicted octanol–water partition coefficient (Wildman–Crippen LogP) is 2.98. The van der Waals surface area contributed by atoms with Crippen molar-refractivity contribution >= 4 is 28.9 Å². The van der Waals surface area contributed by atoms with Crippen molar-refractivity contribution in [2.45, 2.75) is 25.7 Å². The molecule has 0 bridgehead atoms. The van der Waals surface area contributed by atoms with Gasteiger partial charge >= 0.3 is 0 Å². The van der Waals surface area contributed by atoms with Crippen LogP contribution in [0.1, 0.15) is 25.7 Å². The fourth-order valence-corrected chi connectivity index (χ4v) is 2.42. The maximum Gasteiger partial charge on any atom is 0.224 e. The number of hydrogen-bond donors (Lipinski definition) is 2. The molecule has 2 rings (SSSR count). The maximum absolute atomic E-state index is 11.8. The van der Waals surface area contributed by atoms with E-state index < -0.39 is 0 Å². The lowest BCUT2D eigenvalue weighted by atomic mass is 10.2. The molecule has 1 aromatic rings. The Kier molecular flexibility index (Phi) is 5.26. The van der Waals surface area contributed by atoms with E-state index in [1.54, 1.807) is 18.2 Å². The lowest BCUT2D eigenvalue weighted by molar-refractivity contribution is -0.116. The Balaban J connectivity index is 1.69. The topological polar surface area (TPSA) is 58.4 Å². The fraction of sp³-hybridized carbons (Fsp3) is 0.533. The normalized spacial score (nSPS) is 14.6. The minimum absolute atomic E-state index is 0.00325. The molecule has 5 heteroatoms. The molecule has 0 saturated heterocycles. The van der Waals surface area contributed by atoms with Gasteiger partial charge in [-0.2, -0.15) is 0 Å². The third kappa shape index (κ3) is 5.02. The van der Waals surface area contributed by atoms with Crippen LogP contribution in [0.2, 0.25) is 5.02 Å². The van der Waals surface area contributed by atoms with Crippen LogP contribution in [-0.2, 0) is 4.79 Å². The summed E-state index contributed by atoms with van der Waals surface area (Å²) in [4.78, 5) is 14.2. The van der Waals surface area contributed by atoms with Crippen molar-refractivity contribution in [1.29, 1.82) is 0 Å². The molecule has 1 fully saturated rings. The summed E-state index contributed by atoms with van der Waals surface area (Å²) in [7, 11) is 2.12. The highest BCUT2D eigenvalue weighted by atomic mass is 35.5. The number of nitrogens with zero attached hydrogens (tertiary/aromatic N) is 1. The number of halogens is 1. The summed E-state index contributed by atoms with van der Waals surface area (Å²) < 4.78 is 0. The Morgan fingerprint density at radius 1 is 1.50 bits per heavy atom. The first-order chi connectivity index (χ1) is 9.54. The van der Waals surface area contributed by atoms with Gasteiger partial charge in [-0.15, -0.1) is 0 Å². The smallest absolute Gasteiger partial charge is 0.224 e. The Morgan fingerprint density at radius 3 is 2.90 bits per heavy atom. The monoisotopic (exact) mass is 295 g/mol. The number of rotatable bonds is 7. The van der Waals surface area contributed by atoms with Gasteiger partial charge in [0, 0.05) is 18.7 Å². The number of amides is 1.